The van der Waals surface area contributed by atoms with E-state index in [1.807, 2.05) is 24.3 Å². The fourth-order valence-corrected chi connectivity index (χ4v) is 1.70. The number of rotatable bonds is 2. The van der Waals surface area contributed by atoms with Crippen molar-refractivity contribution >= 4 is 28.3 Å². The third-order valence-electron chi connectivity index (χ3n) is 2.34. The van der Waals surface area contributed by atoms with Crippen LogP contribution in [0.3, 0.4) is 0 Å². The Bertz CT molecular complexity index is 522. The summed E-state index contributed by atoms with van der Waals surface area (Å²) in [6.07, 6.45) is 0. The van der Waals surface area contributed by atoms with Gasteiger partial charge in [0, 0.05) is 11.4 Å². The molecule has 0 atom stereocenters. The lowest BCUT2D eigenvalue weighted by Crippen LogP contribution is -2.10. The van der Waals surface area contributed by atoms with Gasteiger partial charge in [0.1, 0.15) is 0 Å². The summed E-state index contributed by atoms with van der Waals surface area (Å²) in [6, 6.07) is 11.3. The highest BCUT2D eigenvalue weighted by Gasteiger charge is 2.01. The maximum atomic E-state index is 11.0. The maximum absolute atomic E-state index is 11.0. The van der Waals surface area contributed by atoms with Gasteiger partial charge in [0.25, 0.3) is 0 Å². The van der Waals surface area contributed by atoms with Gasteiger partial charge in [-0.15, -0.1) is 11.6 Å². The number of hydrogen-bond acceptors (Lipinski definition) is 1. The molecule has 76 valence electrons. The van der Waals surface area contributed by atoms with E-state index in [0.717, 1.165) is 16.3 Å². The number of carbonyl (C=O) groups excluding carboxylic acids is 1. The monoisotopic (exact) mass is 219 g/mol. The van der Waals surface area contributed by atoms with Gasteiger partial charge in [0.05, 0.1) is 0 Å². The van der Waals surface area contributed by atoms with Crippen LogP contribution in [0.1, 0.15) is 15.9 Å². The van der Waals surface area contributed by atoms with Crippen molar-refractivity contribution in [2.24, 2.45) is 5.73 Å². The normalized spacial score (nSPS) is 10.5. The summed E-state index contributed by atoms with van der Waals surface area (Å²) in [5.41, 5.74) is 6.80. The molecule has 0 saturated carbocycles. The number of primary amides is 1. The highest BCUT2D eigenvalue weighted by molar-refractivity contribution is 6.17. The first-order valence-electron chi connectivity index (χ1n) is 4.59. The first-order chi connectivity index (χ1) is 7.20. The van der Waals surface area contributed by atoms with Crippen molar-refractivity contribution in [3.05, 3.63) is 47.5 Å². The molecule has 0 aliphatic carbocycles. The molecule has 2 aromatic carbocycles. The van der Waals surface area contributed by atoms with Gasteiger partial charge in [-0.05, 0) is 34.5 Å². The molecule has 0 fully saturated rings. The van der Waals surface area contributed by atoms with E-state index >= 15 is 0 Å². The number of alkyl halides is 1. The van der Waals surface area contributed by atoms with E-state index in [-0.39, 0.29) is 0 Å². The molecule has 0 saturated heterocycles. The van der Waals surface area contributed by atoms with Crippen molar-refractivity contribution in [1.82, 2.24) is 0 Å². The van der Waals surface area contributed by atoms with E-state index in [1.165, 1.54) is 0 Å². The Morgan fingerprint density at radius 3 is 2.47 bits per heavy atom. The molecule has 2 nitrogen and oxygen atoms in total. The molecule has 2 aromatic rings. The van der Waals surface area contributed by atoms with Crippen molar-refractivity contribution in [3.63, 3.8) is 0 Å². The number of halogens is 1. The zero-order valence-electron chi connectivity index (χ0n) is 8.03. The van der Waals surface area contributed by atoms with Gasteiger partial charge in [-0.1, -0.05) is 18.2 Å². The minimum atomic E-state index is -0.404. The molecule has 2 rings (SSSR count). The molecular formula is C12H10ClNO. The summed E-state index contributed by atoms with van der Waals surface area (Å²) < 4.78 is 0. The second-order valence-electron chi connectivity index (χ2n) is 3.39. The lowest BCUT2D eigenvalue weighted by atomic mass is 10.0. The molecule has 0 radical (unpaired) electrons. The van der Waals surface area contributed by atoms with Crippen LogP contribution < -0.4 is 5.73 Å². The van der Waals surface area contributed by atoms with Gasteiger partial charge in [-0.2, -0.15) is 0 Å². The predicted octanol–water partition coefficient (Wildman–Crippen LogP) is 2.68. The smallest absolute Gasteiger partial charge is 0.248 e. The second-order valence-corrected chi connectivity index (χ2v) is 3.66. The van der Waals surface area contributed by atoms with E-state index < -0.39 is 5.91 Å². The number of benzene rings is 2. The van der Waals surface area contributed by atoms with E-state index in [0.29, 0.717) is 11.4 Å². The van der Waals surface area contributed by atoms with Crippen molar-refractivity contribution in [2.75, 3.05) is 0 Å². The summed E-state index contributed by atoms with van der Waals surface area (Å²) in [6.45, 7) is 0. The van der Waals surface area contributed by atoms with E-state index in [1.54, 1.807) is 12.1 Å². The number of carbonyl (C=O) groups is 1. The van der Waals surface area contributed by atoms with Crippen LogP contribution >= 0.6 is 11.6 Å². The minimum Gasteiger partial charge on any atom is -0.366 e. The zero-order valence-corrected chi connectivity index (χ0v) is 8.79. The summed E-state index contributed by atoms with van der Waals surface area (Å²) >= 11 is 5.73. The molecule has 0 aliphatic rings. The third-order valence-corrected chi connectivity index (χ3v) is 2.65. The number of fused-ring (bicyclic) bond motifs is 1. The zero-order chi connectivity index (χ0) is 10.8. The van der Waals surface area contributed by atoms with Crippen LogP contribution in [-0.2, 0) is 5.88 Å². The fourth-order valence-electron chi connectivity index (χ4n) is 1.53. The molecule has 2 N–H and O–H groups in total. The molecule has 3 heteroatoms. The molecule has 0 aromatic heterocycles. The van der Waals surface area contributed by atoms with Crippen LogP contribution in [0.2, 0.25) is 0 Å². The number of amides is 1. The fraction of sp³-hybridized carbons (Fsp3) is 0.0833. The lowest BCUT2D eigenvalue weighted by Gasteiger charge is -2.02. The Morgan fingerprint density at radius 1 is 1.13 bits per heavy atom. The molecule has 0 heterocycles. The number of nitrogens with two attached hydrogens (primary N) is 1. The van der Waals surface area contributed by atoms with Crippen LogP contribution in [0.25, 0.3) is 10.8 Å². The molecule has 0 spiro atoms. The van der Waals surface area contributed by atoms with Crippen LogP contribution in [-0.4, -0.2) is 5.91 Å². The van der Waals surface area contributed by atoms with E-state index in [4.69, 9.17) is 17.3 Å². The Balaban J connectivity index is 2.59. The summed E-state index contributed by atoms with van der Waals surface area (Å²) in [7, 11) is 0. The predicted molar refractivity (Wildman–Crippen MR) is 62.0 cm³/mol. The summed E-state index contributed by atoms with van der Waals surface area (Å²) in [5, 5.41) is 2.07. The van der Waals surface area contributed by atoms with Crippen LogP contribution in [0.4, 0.5) is 0 Å². The average molecular weight is 220 g/mol. The lowest BCUT2D eigenvalue weighted by molar-refractivity contribution is 0.100. The summed E-state index contributed by atoms with van der Waals surface area (Å²) in [5.74, 6) is 0.0892. The van der Waals surface area contributed by atoms with Gasteiger partial charge in [-0.25, -0.2) is 0 Å². The standard InChI is InChI=1S/C12H10ClNO/c13-7-8-1-2-10-6-11(12(14)15)4-3-9(10)5-8/h1-6H,7H2,(H2,14,15). The largest absolute Gasteiger partial charge is 0.366 e. The van der Waals surface area contributed by atoms with Gasteiger partial charge in [0.15, 0.2) is 0 Å². The minimum absolute atomic E-state index is 0.404. The quantitative estimate of drug-likeness (QED) is 0.776. The Kier molecular flexibility index (Phi) is 2.60. The van der Waals surface area contributed by atoms with Crippen molar-refractivity contribution in [1.29, 1.82) is 0 Å². The van der Waals surface area contributed by atoms with Gasteiger partial charge >= 0.3 is 0 Å². The molecule has 0 unspecified atom stereocenters. The number of hydrogen-bond donors (Lipinski definition) is 1. The first-order valence-corrected chi connectivity index (χ1v) is 5.12. The molecule has 1 amide bonds. The van der Waals surface area contributed by atoms with Crippen molar-refractivity contribution in [3.8, 4) is 0 Å². The molecule has 0 aliphatic heterocycles. The first kappa shape index (κ1) is 9.99. The summed E-state index contributed by atoms with van der Waals surface area (Å²) in [4.78, 5) is 11.0. The second kappa shape index (κ2) is 3.91. The average Bonchev–Trinajstić information content (AvgIpc) is 2.27. The SMILES string of the molecule is NC(=O)c1ccc2cc(CCl)ccc2c1. The Labute approximate surface area is 92.6 Å². The molecule has 15 heavy (non-hydrogen) atoms. The molecule has 0 bridgehead atoms. The van der Waals surface area contributed by atoms with Gasteiger partial charge < -0.3 is 5.73 Å². The Hall–Kier alpha value is -1.54. The van der Waals surface area contributed by atoms with Crippen LogP contribution in [0.5, 0.6) is 0 Å². The van der Waals surface area contributed by atoms with E-state index in [2.05, 4.69) is 0 Å². The topological polar surface area (TPSA) is 43.1 Å². The molecular weight excluding hydrogens is 210 g/mol. The maximum Gasteiger partial charge on any atom is 0.248 e. The van der Waals surface area contributed by atoms with Crippen molar-refractivity contribution < 1.29 is 4.79 Å². The van der Waals surface area contributed by atoms with Gasteiger partial charge in [0.2, 0.25) is 5.91 Å². The Morgan fingerprint density at radius 2 is 1.80 bits per heavy atom. The van der Waals surface area contributed by atoms with Crippen molar-refractivity contribution in [2.45, 2.75) is 5.88 Å². The van der Waals surface area contributed by atoms with Gasteiger partial charge in [-0.3, -0.25) is 4.79 Å². The van der Waals surface area contributed by atoms with Crippen LogP contribution in [0.15, 0.2) is 36.4 Å². The highest BCUT2D eigenvalue weighted by Crippen LogP contribution is 2.18. The highest BCUT2D eigenvalue weighted by atomic mass is 35.5. The van der Waals surface area contributed by atoms with E-state index in [9.17, 15) is 4.79 Å². The third kappa shape index (κ3) is 1.95. The van der Waals surface area contributed by atoms with Crippen LogP contribution in [0, 0.1) is 0 Å².